The standard InChI is InChI=1S/C11H20N2S2/c1-5-14-7-9(2)13(4)6-11-10(3)12-8-15-11/h8-9H,5-7H2,1-4H3. The van der Waals surface area contributed by atoms with Gasteiger partial charge in [0.1, 0.15) is 0 Å². The molecule has 0 aromatic carbocycles. The Morgan fingerprint density at radius 1 is 1.60 bits per heavy atom. The van der Waals surface area contributed by atoms with E-state index >= 15 is 0 Å². The first kappa shape index (κ1) is 13.0. The Bertz CT molecular complexity index is 286. The molecule has 15 heavy (non-hydrogen) atoms. The van der Waals surface area contributed by atoms with Crippen molar-refractivity contribution < 1.29 is 0 Å². The Hall–Kier alpha value is -0.0600. The van der Waals surface area contributed by atoms with Gasteiger partial charge in [-0.25, -0.2) is 4.98 Å². The monoisotopic (exact) mass is 244 g/mol. The van der Waals surface area contributed by atoms with Gasteiger partial charge in [0.15, 0.2) is 0 Å². The van der Waals surface area contributed by atoms with E-state index in [2.05, 4.69) is 37.7 Å². The Morgan fingerprint density at radius 3 is 2.87 bits per heavy atom. The van der Waals surface area contributed by atoms with Crippen LogP contribution in [-0.2, 0) is 6.54 Å². The highest BCUT2D eigenvalue weighted by atomic mass is 32.2. The summed E-state index contributed by atoms with van der Waals surface area (Å²) >= 11 is 3.77. The molecule has 1 rings (SSSR count). The Labute approximate surface area is 101 Å². The Kier molecular flexibility index (Phi) is 5.64. The smallest absolute Gasteiger partial charge is 0.0798 e. The lowest BCUT2D eigenvalue weighted by atomic mass is 10.3. The molecule has 0 aliphatic carbocycles. The summed E-state index contributed by atoms with van der Waals surface area (Å²) in [5, 5.41) is 0. The average Bonchev–Trinajstić information content (AvgIpc) is 2.61. The minimum atomic E-state index is 0.636. The van der Waals surface area contributed by atoms with Crippen LogP contribution >= 0.6 is 23.1 Å². The molecule has 1 atom stereocenters. The van der Waals surface area contributed by atoms with Crippen molar-refractivity contribution in [1.82, 2.24) is 9.88 Å². The maximum absolute atomic E-state index is 4.28. The SMILES string of the molecule is CCSCC(C)N(C)Cc1scnc1C. The van der Waals surface area contributed by atoms with Crippen molar-refractivity contribution in [3.63, 3.8) is 0 Å². The number of aromatic nitrogens is 1. The zero-order chi connectivity index (χ0) is 11.3. The molecule has 4 heteroatoms. The van der Waals surface area contributed by atoms with Crippen molar-refractivity contribution in [2.45, 2.75) is 33.4 Å². The third-order valence-electron chi connectivity index (χ3n) is 2.55. The molecule has 0 bridgehead atoms. The lowest BCUT2D eigenvalue weighted by molar-refractivity contribution is 0.271. The van der Waals surface area contributed by atoms with E-state index in [0.717, 1.165) is 6.54 Å². The van der Waals surface area contributed by atoms with Gasteiger partial charge in [0.25, 0.3) is 0 Å². The maximum Gasteiger partial charge on any atom is 0.0798 e. The molecule has 0 amide bonds. The van der Waals surface area contributed by atoms with Gasteiger partial charge in [-0.1, -0.05) is 6.92 Å². The topological polar surface area (TPSA) is 16.1 Å². The molecule has 1 heterocycles. The van der Waals surface area contributed by atoms with Crippen LogP contribution in [0.3, 0.4) is 0 Å². The van der Waals surface area contributed by atoms with Crippen molar-refractivity contribution in [2.24, 2.45) is 0 Å². The lowest BCUT2D eigenvalue weighted by Crippen LogP contribution is -2.30. The summed E-state index contributed by atoms with van der Waals surface area (Å²) in [4.78, 5) is 8.08. The van der Waals surface area contributed by atoms with E-state index in [0.29, 0.717) is 6.04 Å². The molecule has 0 saturated heterocycles. The molecule has 1 aromatic heterocycles. The number of rotatable bonds is 6. The molecular formula is C11H20N2S2. The van der Waals surface area contributed by atoms with Crippen LogP contribution in [0.1, 0.15) is 24.4 Å². The molecule has 0 aliphatic heterocycles. The highest BCUT2D eigenvalue weighted by Gasteiger charge is 2.11. The van der Waals surface area contributed by atoms with Crippen molar-refractivity contribution in [3.05, 3.63) is 16.1 Å². The normalized spacial score (nSPS) is 13.4. The molecule has 1 aromatic rings. The Balaban J connectivity index is 2.41. The van der Waals surface area contributed by atoms with Crippen LogP contribution in [-0.4, -0.2) is 34.5 Å². The van der Waals surface area contributed by atoms with Crippen LogP contribution in [0.4, 0.5) is 0 Å². The first-order valence-corrected chi connectivity index (χ1v) is 7.35. The van der Waals surface area contributed by atoms with Crippen LogP contribution in [0.25, 0.3) is 0 Å². The summed E-state index contributed by atoms with van der Waals surface area (Å²) in [5.41, 5.74) is 3.12. The minimum Gasteiger partial charge on any atom is -0.298 e. The number of thiazole rings is 1. The number of hydrogen-bond donors (Lipinski definition) is 0. The van der Waals surface area contributed by atoms with E-state index in [1.165, 1.54) is 22.1 Å². The molecular weight excluding hydrogens is 224 g/mol. The number of thioether (sulfide) groups is 1. The van der Waals surface area contributed by atoms with Crippen LogP contribution in [0.5, 0.6) is 0 Å². The predicted octanol–water partition coefficient (Wildman–Crippen LogP) is 3.02. The lowest BCUT2D eigenvalue weighted by Gasteiger charge is -2.23. The second-order valence-corrected chi connectivity index (χ2v) is 6.04. The predicted molar refractivity (Wildman–Crippen MR) is 70.8 cm³/mol. The van der Waals surface area contributed by atoms with Crippen LogP contribution in [0.15, 0.2) is 5.51 Å². The van der Waals surface area contributed by atoms with Crippen LogP contribution in [0, 0.1) is 6.92 Å². The van der Waals surface area contributed by atoms with E-state index in [4.69, 9.17) is 0 Å². The van der Waals surface area contributed by atoms with Gasteiger partial charge in [-0.2, -0.15) is 11.8 Å². The quantitative estimate of drug-likeness (QED) is 0.765. The average molecular weight is 244 g/mol. The molecule has 0 fully saturated rings. The van der Waals surface area contributed by atoms with Crippen molar-refractivity contribution in [1.29, 1.82) is 0 Å². The maximum atomic E-state index is 4.28. The summed E-state index contributed by atoms with van der Waals surface area (Å²) in [6.07, 6.45) is 0. The third kappa shape index (κ3) is 4.13. The summed E-state index contributed by atoms with van der Waals surface area (Å²) in [6.45, 7) is 7.62. The highest BCUT2D eigenvalue weighted by molar-refractivity contribution is 7.99. The first-order valence-electron chi connectivity index (χ1n) is 5.32. The van der Waals surface area contributed by atoms with Gasteiger partial charge in [0.2, 0.25) is 0 Å². The second-order valence-electron chi connectivity index (χ2n) is 3.78. The van der Waals surface area contributed by atoms with Gasteiger partial charge >= 0.3 is 0 Å². The molecule has 0 spiro atoms. The van der Waals surface area contributed by atoms with Gasteiger partial charge in [-0.3, -0.25) is 4.90 Å². The molecule has 2 nitrogen and oxygen atoms in total. The van der Waals surface area contributed by atoms with Gasteiger partial charge in [-0.05, 0) is 26.6 Å². The van der Waals surface area contributed by atoms with Crippen molar-refractivity contribution in [2.75, 3.05) is 18.6 Å². The van der Waals surface area contributed by atoms with Gasteiger partial charge < -0.3 is 0 Å². The van der Waals surface area contributed by atoms with Crippen LogP contribution < -0.4 is 0 Å². The Morgan fingerprint density at radius 2 is 2.33 bits per heavy atom. The number of hydrogen-bond acceptors (Lipinski definition) is 4. The molecule has 0 saturated carbocycles. The zero-order valence-corrected chi connectivity index (χ0v) is 11.6. The molecule has 0 radical (unpaired) electrons. The number of aryl methyl sites for hydroxylation is 1. The zero-order valence-electron chi connectivity index (χ0n) is 9.99. The summed E-state index contributed by atoms with van der Waals surface area (Å²) in [6, 6.07) is 0.636. The summed E-state index contributed by atoms with van der Waals surface area (Å²) in [5.74, 6) is 2.42. The van der Waals surface area contributed by atoms with Gasteiger partial charge in [0, 0.05) is 23.2 Å². The third-order valence-corrected chi connectivity index (χ3v) is 4.60. The van der Waals surface area contributed by atoms with Crippen molar-refractivity contribution in [3.8, 4) is 0 Å². The highest BCUT2D eigenvalue weighted by Crippen LogP contribution is 2.16. The fourth-order valence-electron chi connectivity index (χ4n) is 1.28. The van der Waals surface area contributed by atoms with E-state index in [-0.39, 0.29) is 0 Å². The van der Waals surface area contributed by atoms with E-state index in [1.54, 1.807) is 11.3 Å². The second kappa shape index (κ2) is 6.51. The summed E-state index contributed by atoms with van der Waals surface area (Å²) < 4.78 is 0. The van der Waals surface area contributed by atoms with Crippen molar-refractivity contribution >= 4 is 23.1 Å². The largest absolute Gasteiger partial charge is 0.298 e. The fourth-order valence-corrected chi connectivity index (χ4v) is 2.95. The van der Waals surface area contributed by atoms with Crippen LogP contribution in [0.2, 0.25) is 0 Å². The number of nitrogens with zero attached hydrogens (tertiary/aromatic N) is 2. The van der Waals surface area contributed by atoms with Gasteiger partial charge in [-0.15, -0.1) is 11.3 Å². The molecule has 0 N–H and O–H groups in total. The first-order chi connectivity index (χ1) is 7.15. The minimum absolute atomic E-state index is 0.636. The van der Waals surface area contributed by atoms with E-state index in [1.807, 2.05) is 17.3 Å². The molecule has 0 aliphatic rings. The molecule has 1 unspecified atom stereocenters. The van der Waals surface area contributed by atoms with E-state index < -0.39 is 0 Å². The molecule has 86 valence electrons. The fraction of sp³-hybridized carbons (Fsp3) is 0.727. The van der Waals surface area contributed by atoms with E-state index in [9.17, 15) is 0 Å². The van der Waals surface area contributed by atoms with Gasteiger partial charge in [0.05, 0.1) is 11.2 Å². The summed E-state index contributed by atoms with van der Waals surface area (Å²) in [7, 11) is 2.19.